The number of ether oxygens (including phenoxy) is 1. The molecule has 2 heteroatoms. The molecule has 0 aromatic carbocycles. The lowest BCUT2D eigenvalue weighted by Gasteiger charge is -2.04. The van der Waals surface area contributed by atoms with E-state index in [4.69, 9.17) is 0 Å². The van der Waals surface area contributed by atoms with Crippen LogP contribution in [0.5, 0.6) is 0 Å². The number of hydrogen-bond donors (Lipinski definition) is 0. The average Bonchev–Trinajstić information content (AvgIpc) is 2.11. The molecule has 70 valence electrons. The minimum atomic E-state index is -0.205. The third-order valence-electron chi connectivity index (χ3n) is 2.04. The van der Waals surface area contributed by atoms with Crippen molar-refractivity contribution < 1.29 is 9.53 Å². The lowest BCUT2D eigenvalue weighted by Crippen LogP contribution is -2.03. The summed E-state index contributed by atoms with van der Waals surface area (Å²) in [6.07, 6.45) is 3.30. The smallest absolute Gasteiger partial charge is 0.333 e. The maximum absolute atomic E-state index is 11.0. The Kier molecular flexibility index (Phi) is 5.43. The molecule has 0 saturated heterocycles. The summed E-state index contributed by atoms with van der Waals surface area (Å²) < 4.78 is 4.62. The average molecular weight is 170 g/mol. The summed E-state index contributed by atoms with van der Waals surface area (Å²) in [7, 11) is 1.42. The van der Waals surface area contributed by atoms with Crippen molar-refractivity contribution in [3.63, 3.8) is 0 Å². The predicted octanol–water partition coefficient (Wildman–Crippen LogP) is 2.69. The zero-order valence-electron chi connectivity index (χ0n) is 8.44. The Morgan fingerprint density at radius 3 is 2.33 bits per heavy atom. The van der Waals surface area contributed by atoms with E-state index in [1.54, 1.807) is 0 Å². The maximum Gasteiger partial charge on any atom is 0.333 e. The minimum absolute atomic E-state index is 0.205. The summed E-state index contributed by atoms with van der Waals surface area (Å²) in [5.74, 6) is -0.205. The van der Waals surface area contributed by atoms with Crippen LogP contribution in [0.3, 0.4) is 0 Å². The van der Waals surface area contributed by atoms with Crippen LogP contribution in [-0.2, 0) is 9.53 Å². The molecular formula is C10H18O2. The molecule has 0 saturated carbocycles. The van der Waals surface area contributed by atoms with Crippen molar-refractivity contribution in [2.24, 2.45) is 0 Å². The number of rotatable bonds is 4. The molecule has 0 aromatic heterocycles. The van der Waals surface area contributed by atoms with Crippen LogP contribution < -0.4 is 0 Å². The highest BCUT2D eigenvalue weighted by atomic mass is 16.5. The summed E-state index contributed by atoms with van der Waals surface area (Å²) >= 11 is 0. The number of unbranched alkanes of at least 4 members (excludes halogenated alkanes) is 1. The Morgan fingerprint density at radius 2 is 1.92 bits per heavy atom. The first-order valence-electron chi connectivity index (χ1n) is 4.38. The van der Waals surface area contributed by atoms with Crippen LogP contribution in [0.4, 0.5) is 0 Å². The third kappa shape index (κ3) is 3.56. The Morgan fingerprint density at radius 1 is 1.33 bits per heavy atom. The molecule has 0 atom stereocenters. The van der Waals surface area contributed by atoms with Gasteiger partial charge in [-0.25, -0.2) is 4.79 Å². The van der Waals surface area contributed by atoms with E-state index in [1.807, 2.05) is 13.8 Å². The molecule has 0 aromatic rings. The van der Waals surface area contributed by atoms with Gasteiger partial charge in [0.1, 0.15) is 0 Å². The predicted molar refractivity (Wildman–Crippen MR) is 49.9 cm³/mol. The fourth-order valence-corrected chi connectivity index (χ4v) is 0.957. The van der Waals surface area contributed by atoms with E-state index < -0.39 is 0 Å². The van der Waals surface area contributed by atoms with Gasteiger partial charge in [-0.1, -0.05) is 18.9 Å². The topological polar surface area (TPSA) is 26.3 Å². The second kappa shape index (κ2) is 5.81. The summed E-state index contributed by atoms with van der Waals surface area (Å²) in [6, 6.07) is 0. The van der Waals surface area contributed by atoms with Crippen molar-refractivity contribution >= 4 is 5.97 Å². The first kappa shape index (κ1) is 11.2. The zero-order chi connectivity index (χ0) is 9.56. The molecule has 0 rings (SSSR count). The second-order valence-corrected chi connectivity index (χ2v) is 3.00. The van der Waals surface area contributed by atoms with E-state index in [9.17, 15) is 4.79 Å². The molecule has 0 spiro atoms. The molecule has 0 N–H and O–H groups in total. The van der Waals surface area contributed by atoms with Crippen LogP contribution in [0.15, 0.2) is 11.1 Å². The minimum Gasteiger partial charge on any atom is -0.466 e. The van der Waals surface area contributed by atoms with Gasteiger partial charge < -0.3 is 4.74 Å². The number of allylic oxidation sites excluding steroid dienone is 1. The Labute approximate surface area is 74.6 Å². The van der Waals surface area contributed by atoms with Crippen molar-refractivity contribution in [2.45, 2.75) is 40.0 Å². The molecule has 2 nitrogen and oxygen atoms in total. The Hall–Kier alpha value is -0.790. The van der Waals surface area contributed by atoms with E-state index >= 15 is 0 Å². The van der Waals surface area contributed by atoms with Gasteiger partial charge in [0, 0.05) is 5.57 Å². The molecular weight excluding hydrogens is 152 g/mol. The molecule has 0 unspecified atom stereocenters. The van der Waals surface area contributed by atoms with Crippen molar-refractivity contribution in [3.05, 3.63) is 11.1 Å². The van der Waals surface area contributed by atoms with Crippen LogP contribution in [0.1, 0.15) is 40.0 Å². The third-order valence-corrected chi connectivity index (χ3v) is 2.04. The molecule has 0 bridgehead atoms. The summed E-state index contributed by atoms with van der Waals surface area (Å²) in [6.45, 7) is 5.94. The number of methoxy groups -OCH3 is 1. The monoisotopic (exact) mass is 170 g/mol. The van der Waals surface area contributed by atoms with Crippen molar-refractivity contribution in [1.29, 1.82) is 0 Å². The largest absolute Gasteiger partial charge is 0.466 e. The van der Waals surface area contributed by atoms with Gasteiger partial charge in [-0.3, -0.25) is 0 Å². The Balaban J connectivity index is 4.15. The van der Waals surface area contributed by atoms with Gasteiger partial charge in [0.2, 0.25) is 0 Å². The number of carbonyl (C=O) groups excluding carboxylic acids is 1. The van der Waals surface area contributed by atoms with Crippen molar-refractivity contribution in [3.8, 4) is 0 Å². The fraction of sp³-hybridized carbons (Fsp3) is 0.700. The van der Waals surface area contributed by atoms with Gasteiger partial charge in [-0.15, -0.1) is 0 Å². The molecule has 0 radical (unpaired) electrons. The Bertz CT molecular complexity index is 180. The van der Waals surface area contributed by atoms with Crippen LogP contribution in [-0.4, -0.2) is 13.1 Å². The summed E-state index contributed by atoms with van der Waals surface area (Å²) in [4.78, 5) is 11.0. The maximum atomic E-state index is 11.0. The van der Waals surface area contributed by atoms with Crippen molar-refractivity contribution in [1.82, 2.24) is 0 Å². The van der Waals surface area contributed by atoms with Gasteiger partial charge in [-0.05, 0) is 26.7 Å². The molecule has 0 heterocycles. The highest BCUT2D eigenvalue weighted by Gasteiger charge is 2.06. The van der Waals surface area contributed by atoms with Crippen LogP contribution in [0.2, 0.25) is 0 Å². The van der Waals surface area contributed by atoms with Gasteiger partial charge in [0.25, 0.3) is 0 Å². The van der Waals surface area contributed by atoms with E-state index in [0.717, 1.165) is 30.4 Å². The number of carbonyl (C=O) groups is 1. The number of hydrogen-bond acceptors (Lipinski definition) is 2. The normalized spacial score (nSPS) is 12.3. The van der Waals surface area contributed by atoms with Gasteiger partial charge in [-0.2, -0.15) is 0 Å². The SMILES string of the molecule is CCCCC(C)=C(C)C(=O)OC. The molecule has 12 heavy (non-hydrogen) atoms. The van der Waals surface area contributed by atoms with E-state index in [0.29, 0.717) is 0 Å². The highest BCUT2D eigenvalue weighted by Crippen LogP contribution is 2.12. The van der Waals surface area contributed by atoms with Crippen LogP contribution in [0.25, 0.3) is 0 Å². The molecule has 0 aliphatic heterocycles. The zero-order valence-corrected chi connectivity index (χ0v) is 8.44. The van der Waals surface area contributed by atoms with Crippen molar-refractivity contribution in [2.75, 3.05) is 7.11 Å². The fourth-order valence-electron chi connectivity index (χ4n) is 0.957. The molecule has 0 aliphatic carbocycles. The molecule has 0 amide bonds. The van der Waals surface area contributed by atoms with E-state index in [2.05, 4.69) is 11.7 Å². The van der Waals surface area contributed by atoms with Crippen LogP contribution >= 0.6 is 0 Å². The quantitative estimate of drug-likeness (QED) is 0.479. The highest BCUT2D eigenvalue weighted by molar-refractivity contribution is 5.88. The lowest BCUT2D eigenvalue weighted by molar-refractivity contribution is -0.136. The van der Waals surface area contributed by atoms with E-state index in [-0.39, 0.29) is 5.97 Å². The van der Waals surface area contributed by atoms with E-state index in [1.165, 1.54) is 7.11 Å². The standard InChI is InChI=1S/C10H18O2/c1-5-6-7-8(2)9(3)10(11)12-4/h5-7H2,1-4H3. The summed E-state index contributed by atoms with van der Waals surface area (Å²) in [5, 5.41) is 0. The lowest BCUT2D eigenvalue weighted by atomic mass is 10.1. The van der Waals surface area contributed by atoms with Gasteiger partial charge >= 0.3 is 5.97 Å². The van der Waals surface area contributed by atoms with Gasteiger partial charge in [0.15, 0.2) is 0 Å². The first-order valence-corrected chi connectivity index (χ1v) is 4.38. The first-order chi connectivity index (χ1) is 5.63. The summed E-state index contributed by atoms with van der Waals surface area (Å²) in [5.41, 5.74) is 1.90. The molecule has 0 fully saturated rings. The van der Waals surface area contributed by atoms with Crippen LogP contribution in [0, 0.1) is 0 Å². The number of esters is 1. The molecule has 0 aliphatic rings. The van der Waals surface area contributed by atoms with Gasteiger partial charge in [0.05, 0.1) is 7.11 Å². The second-order valence-electron chi connectivity index (χ2n) is 3.00.